The van der Waals surface area contributed by atoms with E-state index in [1.165, 1.54) is 12.1 Å². The summed E-state index contributed by atoms with van der Waals surface area (Å²) in [5, 5.41) is 0. The lowest BCUT2D eigenvalue weighted by atomic mass is 10.00. The largest absolute Gasteiger partial charge is 0.368 e. The Morgan fingerprint density at radius 3 is 2.83 bits per heavy atom. The molecule has 4 nitrogen and oxygen atoms in total. The monoisotopic (exact) mass is 250 g/mol. The number of carbonyl (C=O) groups excluding carboxylic acids is 2. The number of halogens is 1. The fourth-order valence-electron chi connectivity index (χ4n) is 2.37. The summed E-state index contributed by atoms with van der Waals surface area (Å²) in [6.07, 6.45) is 3.12. The van der Waals surface area contributed by atoms with Gasteiger partial charge in [-0.2, -0.15) is 0 Å². The van der Waals surface area contributed by atoms with Crippen LogP contribution in [0.15, 0.2) is 18.2 Å². The third-order valence-electron chi connectivity index (χ3n) is 3.20. The smallest absolute Gasteiger partial charge is 0.240 e. The summed E-state index contributed by atoms with van der Waals surface area (Å²) >= 11 is 0. The van der Waals surface area contributed by atoms with E-state index in [1.54, 1.807) is 11.0 Å². The predicted molar refractivity (Wildman–Crippen MR) is 66.0 cm³/mol. The average molecular weight is 250 g/mol. The predicted octanol–water partition coefficient (Wildman–Crippen LogP) is 1.48. The van der Waals surface area contributed by atoms with Gasteiger partial charge >= 0.3 is 0 Å². The molecule has 1 unspecified atom stereocenters. The van der Waals surface area contributed by atoms with Crippen LogP contribution in [0.5, 0.6) is 0 Å². The van der Waals surface area contributed by atoms with Crippen LogP contribution >= 0.6 is 0 Å². The van der Waals surface area contributed by atoms with E-state index >= 15 is 0 Å². The van der Waals surface area contributed by atoms with Gasteiger partial charge in [-0.25, -0.2) is 4.39 Å². The molecule has 5 heteroatoms. The van der Waals surface area contributed by atoms with Gasteiger partial charge in [0.1, 0.15) is 18.1 Å². The first kappa shape index (κ1) is 12.5. The summed E-state index contributed by atoms with van der Waals surface area (Å²) in [6, 6.07) is 3.66. The number of aldehydes is 1. The number of amides is 1. The highest BCUT2D eigenvalue weighted by Crippen LogP contribution is 2.26. The second kappa shape index (κ2) is 5.16. The molecule has 0 radical (unpaired) electrons. The molecule has 1 aliphatic rings. The van der Waals surface area contributed by atoms with Gasteiger partial charge in [0.05, 0.1) is 0 Å². The molecule has 1 heterocycles. The molecule has 1 amide bonds. The van der Waals surface area contributed by atoms with Crippen molar-refractivity contribution in [2.24, 2.45) is 5.73 Å². The summed E-state index contributed by atoms with van der Waals surface area (Å²) < 4.78 is 13.4. The van der Waals surface area contributed by atoms with Crippen LogP contribution in [0.1, 0.15) is 29.6 Å². The molecule has 1 aromatic carbocycles. The maximum absolute atomic E-state index is 13.4. The minimum absolute atomic E-state index is 0.263. The van der Waals surface area contributed by atoms with Crippen molar-refractivity contribution in [3.05, 3.63) is 29.6 Å². The second-order valence-electron chi connectivity index (χ2n) is 4.47. The zero-order valence-corrected chi connectivity index (χ0v) is 9.93. The van der Waals surface area contributed by atoms with Gasteiger partial charge in [0.25, 0.3) is 0 Å². The lowest BCUT2D eigenvalue weighted by Crippen LogP contribution is -2.47. The summed E-state index contributed by atoms with van der Waals surface area (Å²) in [5.41, 5.74) is 6.16. The van der Waals surface area contributed by atoms with Gasteiger partial charge in [0.2, 0.25) is 5.91 Å². The fourth-order valence-corrected chi connectivity index (χ4v) is 2.37. The first-order chi connectivity index (χ1) is 8.61. The first-order valence-electron chi connectivity index (χ1n) is 5.93. The van der Waals surface area contributed by atoms with Crippen LogP contribution in [0.25, 0.3) is 0 Å². The topological polar surface area (TPSA) is 63.4 Å². The van der Waals surface area contributed by atoms with E-state index in [2.05, 4.69) is 0 Å². The van der Waals surface area contributed by atoms with E-state index < -0.39 is 17.8 Å². The Balaban J connectivity index is 2.35. The molecule has 0 spiro atoms. The summed E-state index contributed by atoms with van der Waals surface area (Å²) in [7, 11) is 0. The van der Waals surface area contributed by atoms with Crippen molar-refractivity contribution < 1.29 is 14.0 Å². The van der Waals surface area contributed by atoms with Gasteiger partial charge in [0, 0.05) is 17.8 Å². The molecule has 1 saturated heterocycles. The standard InChI is InChI=1S/C13H15FN2O2/c14-10-5-9(8-17)6-11(7-10)16-4-2-1-3-12(16)13(15)18/h5-8,12H,1-4H2,(H2,15,18). The molecule has 18 heavy (non-hydrogen) atoms. The van der Waals surface area contributed by atoms with Crippen molar-refractivity contribution in [1.29, 1.82) is 0 Å². The van der Waals surface area contributed by atoms with E-state index in [9.17, 15) is 14.0 Å². The second-order valence-corrected chi connectivity index (χ2v) is 4.47. The maximum atomic E-state index is 13.4. The Kier molecular flexibility index (Phi) is 3.60. The Morgan fingerprint density at radius 1 is 1.39 bits per heavy atom. The number of benzene rings is 1. The van der Waals surface area contributed by atoms with Gasteiger partial charge in [-0.1, -0.05) is 0 Å². The van der Waals surface area contributed by atoms with E-state index in [-0.39, 0.29) is 5.56 Å². The summed E-state index contributed by atoms with van der Waals surface area (Å²) in [4.78, 5) is 23.9. The molecule has 0 saturated carbocycles. The Hall–Kier alpha value is -1.91. The molecule has 0 aromatic heterocycles. The number of nitrogens with two attached hydrogens (primary N) is 1. The minimum Gasteiger partial charge on any atom is -0.368 e. The molecule has 96 valence electrons. The van der Waals surface area contributed by atoms with Crippen molar-refractivity contribution in [1.82, 2.24) is 0 Å². The zero-order valence-electron chi connectivity index (χ0n) is 9.93. The van der Waals surface area contributed by atoms with Crippen LogP contribution in [0, 0.1) is 5.82 Å². The average Bonchev–Trinajstić information content (AvgIpc) is 2.38. The maximum Gasteiger partial charge on any atom is 0.240 e. The Labute approximate surface area is 105 Å². The number of hydrogen-bond donors (Lipinski definition) is 1. The number of primary amides is 1. The molecular weight excluding hydrogens is 235 g/mol. The summed E-state index contributed by atoms with van der Waals surface area (Å²) in [5.74, 6) is -0.894. The van der Waals surface area contributed by atoms with Crippen LogP contribution in [0.3, 0.4) is 0 Å². The third-order valence-corrected chi connectivity index (χ3v) is 3.20. The summed E-state index contributed by atoms with van der Waals surface area (Å²) in [6.45, 7) is 0.648. The fraction of sp³-hybridized carbons (Fsp3) is 0.385. The number of anilines is 1. The molecule has 2 rings (SSSR count). The first-order valence-corrected chi connectivity index (χ1v) is 5.93. The van der Waals surface area contributed by atoms with Crippen LogP contribution < -0.4 is 10.6 Å². The molecule has 1 aromatic rings. The number of piperidine rings is 1. The SMILES string of the molecule is NC(=O)C1CCCCN1c1cc(F)cc(C=O)c1. The molecule has 0 aliphatic carbocycles. The normalized spacial score (nSPS) is 19.6. The van der Waals surface area contributed by atoms with Crippen molar-refractivity contribution in [2.45, 2.75) is 25.3 Å². The minimum atomic E-state index is -0.483. The highest BCUT2D eigenvalue weighted by Gasteiger charge is 2.27. The van der Waals surface area contributed by atoms with Crippen LogP contribution in [0.2, 0.25) is 0 Å². The van der Waals surface area contributed by atoms with Crippen LogP contribution in [0.4, 0.5) is 10.1 Å². The number of hydrogen-bond acceptors (Lipinski definition) is 3. The molecule has 1 fully saturated rings. The Bertz CT molecular complexity index is 476. The zero-order chi connectivity index (χ0) is 13.1. The Morgan fingerprint density at radius 2 is 2.17 bits per heavy atom. The molecule has 1 aliphatic heterocycles. The quantitative estimate of drug-likeness (QED) is 0.826. The van der Waals surface area contributed by atoms with Crippen molar-refractivity contribution in [3.8, 4) is 0 Å². The molecule has 2 N–H and O–H groups in total. The van der Waals surface area contributed by atoms with Gasteiger partial charge < -0.3 is 10.6 Å². The highest BCUT2D eigenvalue weighted by atomic mass is 19.1. The number of carbonyl (C=O) groups is 2. The van der Waals surface area contributed by atoms with Gasteiger partial charge in [-0.3, -0.25) is 9.59 Å². The lowest BCUT2D eigenvalue weighted by molar-refractivity contribution is -0.119. The van der Waals surface area contributed by atoms with E-state index in [0.717, 1.165) is 12.8 Å². The molecule has 1 atom stereocenters. The van der Waals surface area contributed by atoms with Crippen molar-refractivity contribution in [3.63, 3.8) is 0 Å². The third kappa shape index (κ3) is 2.50. The van der Waals surface area contributed by atoms with Crippen molar-refractivity contribution in [2.75, 3.05) is 11.4 Å². The van der Waals surface area contributed by atoms with Crippen LogP contribution in [-0.4, -0.2) is 24.8 Å². The van der Waals surface area contributed by atoms with Gasteiger partial charge in [-0.05, 0) is 37.5 Å². The van der Waals surface area contributed by atoms with Gasteiger partial charge in [-0.15, -0.1) is 0 Å². The molecular formula is C13H15FN2O2. The number of rotatable bonds is 3. The van der Waals surface area contributed by atoms with Crippen LogP contribution in [-0.2, 0) is 4.79 Å². The van der Waals surface area contributed by atoms with Gasteiger partial charge in [0.15, 0.2) is 0 Å². The molecule has 0 bridgehead atoms. The van der Waals surface area contributed by atoms with E-state index in [1.807, 2.05) is 0 Å². The van der Waals surface area contributed by atoms with E-state index in [4.69, 9.17) is 5.73 Å². The number of nitrogens with zero attached hydrogens (tertiary/aromatic N) is 1. The van der Waals surface area contributed by atoms with E-state index in [0.29, 0.717) is 24.9 Å². The van der Waals surface area contributed by atoms with Crippen molar-refractivity contribution >= 4 is 17.9 Å². The highest BCUT2D eigenvalue weighted by molar-refractivity contribution is 5.85. The lowest BCUT2D eigenvalue weighted by Gasteiger charge is -2.35.